The van der Waals surface area contributed by atoms with E-state index in [2.05, 4.69) is 26.7 Å². The summed E-state index contributed by atoms with van der Waals surface area (Å²) in [4.78, 5) is 14.7. The lowest BCUT2D eigenvalue weighted by molar-refractivity contribution is -0.139. The van der Waals surface area contributed by atoms with Crippen molar-refractivity contribution < 1.29 is 24.1 Å². The highest BCUT2D eigenvalue weighted by Crippen LogP contribution is 2.20. The molecular formula is C16H25BrO5. The van der Waals surface area contributed by atoms with Gasteiger partial charge in [0.05, 0.1) is 18.8 Å². The van der Waals surface area contributed by atoms with Gasteiger partial charge in [0.1, 0.15) is 12.9 Å². The number of carbonyl (C=O) groups is 1. The zero-order valence-corrected chi connectivity index (χ0v) is 15.2. The second-order valence-electron chi connectivity index (χ2n) is 4.95. The Kier molecular flexibility index (Phi) is 12.2. The second-order valence-corrected chi connectivity index (χ2v) is 5.35. The van der Waals surface area contributed by atoms with Crippen molar-refractivity contribution in [2.24, 2.45) is 5.92 Å². The van der Waals surface area contributed by atoms with Crippen molar-refractivity contribution in [1.82, 2.24) is 0 Å². The number of aliphatic hydroxyl groups is 1. The maximum Gasteiger partial charge on any atom is 0.336 e. The van der Waals surface area contributed by atoms with Gasteiger partial charge in [-0.3, -0.25) is 0 Å². The van der Waals surface area contributed by atoms with Gasteiger partial charge < -0.3 is 19.3 Å². The third kappa shape index (κ3) is 8.54. The minimum absolute atomic E-state index is 0.0565. The minimum Gasteiger partial charge on any atom is -0.466 e. The SMILES string of the molecule is COCO[C@@H](/C(=C/CCC[C@@H](C)O)C(=O)OC)[C@@H](C)C#CBr. The number of hydrogen-bond acceptors (Lipinski definition) is 5. The molecule has 0 bridgehead atoms. The van der Waals surface area contributed by atoms with Crippen molar-refractivity contribution in [2.75, 3.05) is 21.0 Å². The Morgan fingerprint density at radius 3 is 2.55 bits per heavy atom. The number of carbonyl (C=O) groups excluding carboxylic acids is 1. The normalized spacial score (nSPS) is 15.5. The number of methoxy groups -OCH3 is 2. The first-order chi connectivity index (χ1) is 10.5. The smallest absolute Gasteiger partial charge is 0.336 e. The first kappa shape index (κ1) is 21.1. The molecule has 6 heteroatoms. The van der Waals surface area contributed by atoms with Crippen molar-refractivity contribution in [3.63, 3.8) is 0 Å². The van der Waals surface area contributed by atoms with E-state index in [0.29, 0.717) is 18.4 Å². The van der Waals surface area contributed by atoms with Gasteiger partial charge in [-0.2, -0.15) is 0 Å². The average molecular weight is 377 g/mol. The van der Waals surface area contributed by atoms with Gasteiger partial charge in [0, 0.05) is 29.0 Å². The zero-order valence-electron chi connectivity index (χ0n) is 13.6. The van der Waals surface area contributed by atoms with Gasteiger partial charge in [0.15, 0.2) is 0 Å². The number of rotatable bonds is 10. The van der Waals surface area contributed by atoms with Crippen LogP contribution < -0.4 is 0 Å². The number of ether oxygens (including phenoxy) is 3. The fourth-order valence-electron chi connectivity index (χ4n) is 1.91. The maximum atomic E-state index is 12.0. The molecule has 0 heterocycles. The van der Waals surface area contributed by atoms with Crippen molar-refractivity contribution in [1.29, 1.82) is 0 Å². The Balaban J connectivity index is 5.13. The lowest BCUT2D eigenvalue weighted by Gasteiger charge is -2.22. The molecule has 22 heavy (non-hydrogen) atoms. The fraction of sp³-hybridized carbons (Fsp3) is 0.688. The van der Waals surface area contributed by atoms with Gasteiger partial charge in [0.25, 0.3) is 0 Å². The molecule has 0 amide bonds. The number of halogens is 1. The Hall–Kier alpha value is -0.870. The zero-order chi connectivity index (χ0) is 17.0. The molecule has 126 valence electrons. The summed E-state index contributed by atoms with van der Waals surface area (Å²) in [5.41, 5.74) is 0.424. The molecule has 0 unspecified atom stereocenters. The summed E-state index contributed by atoms with van der Waals surface area (Å²) in [6, 6.07) is 0. The van der Waals surface area contributed by atoms with Gasteiger partial charge in [0.2, 0.25) is 0 Å². The number of allylic oxidation sites excluding steroid dienone is 1. The third-order valence-electron chi connectivity index (χ3n) is 3.02. The van der Waals surface area contributed by atoms with Crippen LogP contribution in [-0.4, -0.2) is 44.3 Å². The van der Waals surface area contributed by atoms with E-state index in [1.54, 1.807) is 13.0 Å². The van der Waals surface area contributed by atoms with Crippen molar-refractivity contribution in [3.8, 4) is 10.8 Å². The summed E-state index contributed by atoms with van der Waals surface area (Å²) >= 11 is 3.06. The molecule has 0 spiro atoms. The van der Waals surface area contributed by atoms with E-state index in [0.717, 1.165) is 6.42 Å². The van der Waals surface area contributed by atoms with E-state index < -0.39 is 12.1 Å². The average Bonchev–Trinajstić information content (AvgIpc) is 2.48. The minimum atomic E-state index is -0.538. The Bertz CT molecular complexity index is 408. The quantitative estimate of drug-likeness (QED) is 0.209. The van der Waals surface area contributed by atoms with Crippen LogP contribution in [0.2, 0.25) is 0 Å². The molecule has 5 nitrogen and oxygen atoms in total. The number of esters is 1. The molecule has 0 aromatic carbocycles. The van der Waals surface area contributed by atoms with Crippen LogP contribution in [-0.2, 0) is 19.0 Å². The first-order valence-electron chi connectivity index (χ1n) is 7.16. The topological polar surface area (TPSA) is 65.0 Å². The highest BCUT2D eigenvalue weighted by atomic mass is 79.9. The van der Waals surface area contributed by atoms with Crippen LogP contribution in [0.5, 0.6) is 0 Å². The Labute approximate surface area is 141 Å². The summed E-state index contributed by atoms with van der Waals surface area (Å²) in [6.45, 7) is 3.66. The van der Waals surface area contributed by atoms with Crippen LogP contribution in [0.25, 0.3) is 0 Å². The van der Waals surface area contributed by atoms with Gasteiger partial charge in [-0.15, -0.1) is 0 Å². The Morgan fingerprint density at radius 2 is 2.05 bits per heavy atom. The molecule has 0 saturated heterocycles. The summed E-state index contributed by atoms with van der Waals surface area (Å²) in [7, 11) is 2.85. The third-order valence-corrected chi connectivity index (χ3v) is 3.25. The highest BCUT2D eigenvalue weighted by molar-refractivity contribution is 9.12. The number of hydrogen-bond donors (Lipinski definition) is 1. The molecule has 0 aliphatic rings. The molecule has 0 aromatic rings. The molecule has 0 radical (unpaired) electrons. The Morgan fingerprint density at radius 1 is 1.36 bits per heavy atom. The van der Waals surface area contributed by atoms with Gasteiger partial charge in [-0.05, 0) is 37.9 Å². The molecule has 0 aliphatic heterocycles. The summed E-state index contributed by atoms with van der Waals surface area (Å²) in [6.07, 6.45) is 2.99. The number of unbranched alkanes of at least 4 members (excludes halogenated alkanes) is 1. The standard InChI is InChI=1S/C16H25BrO5/c1-12(9-10-17)15(22-11-20-3)14(16(19)21-4)8-6-5-7-13(2)18/h8,12-13,15,18H,5-7,11H2,1-4H3/b14-8-/t12-,13+,15+/m0/s1. The van der Waals surface area contributed by atoms with Gasteiger partial charge in [-0.25, -0.2) is 4.79 Å². The van der Waals surface area contributed by atoms with E-state index in [-0.39, 0.29) is 18.8 Å². The van der Waals surface area contributed by atoms with Crippen molar-refractivity contribution >= 4 is 21.9 Å². The van der Waals surface area contributed by atoms with Crippen LogP contribution >= 0.6 is 15.9 Å². The monoisotopic (exact) mass is 376 g/mol. The predicted molar refractivity (Wildman–Crippen MR) is 88.2 cm³/mol. The van der Waals surface area contributed by atoms with Crippen LogP contribution in [0.3, 0.4) is 0 Å². The maximum absolute atomic E-state index is 12.0. The lowest BCUT2D eigenvalue weighted by atomic mass is 9.96. The molecule has 1 N–H and O–H groups in total. The molecule has 0 aromatic heterocycles. The van der Waals surface area contributed by atoms with E-state index in [1.165, 1.54) is 14.2 Å². The van der Waals surface area contributed by atoms with Gasteiger partial charge >= 0.3 is 5.97 Å². The fourth-order valence-corrected chi connectivity index (χ4v) is 2.27. The number of aliphatic hydroxyl groups excluding tert-OH is 1. The van der Waals surface area contributed by atoms with Crippen LogP contribution in [0.4, 0.5) is 0 Å². The van der Waals surface area contributed by atoms with Crippen molar-refractivity contribution in [3.05, 3.63) is 11.6 Å². The van der Waals surface area contributed by atoms with Crippen LogP contribution in [0.1, 0.15) is 33.1 Å². The van der Waals surface area contributed by atoms with E-state index in [4.69, 9.17) is 14.2 Å². The van der Waals surface area contributed by atoms with Crippen LogP contribution in [0, 0.1) is 16.7 Å². The second kappa shape index (κ2) is 12.7. The van der Waals surface area contributed by atoms with E-state index in [1.807, 2.05) is 6.92 Å². The highest BCUT2D eigenvalue weighted by Gasteiger charge is 2.27. The lowest BCUT2D eigenvalue weighted by Crippen LogP contribution is -2.29. The molecule has 0 rings (SSSR count). The van der Waals surface area contributed by atoms with Gasteiger partial charge in [-0.1, -0.05) is 12.0 Å². The van der Waals surface area contributed by atoms with Crippen molar-refractivity contribution in [2.45, 2.75) is 45.3 Å². The molecule has 0 aliphatic carbocycles. The van der Waals surface area contributed by atoms with E-state index >= 15 is 0 Å². The largest absolute Gasteiger partial charge is 0.466 e. The summed E-state index contributed by atoms with van der Waals surface area (Å²) < 4.78 is 15.4. The molecule has 0 saturated carbocycles. The molecular weight excluding hydrogens is 352 g/mol. The molecule has 3 atom stereocenters. The first-order valence-corrected chi connectivity index (χ1v) is 7.95. The summed E-state index contributed by atoms with van der Waals surface area (Å²) in [5, 5.41) is 9.28. The predicted octanol–water partition coefficient (Wildman–Crippen LogP) is 2.62. The molecule has 0 fully saturated rings. The van der Waals surface area contributed by atoms with E-state index in [9.17, 15) is 9.90 Å². The summed E-state index contributed by atoms with van der Waals surface area (Å²) in [5.74, 6) is 2.27. The van der Waals surface area contributed by atoms with Crippen LogP contribution in [0.15, 0.2) is 11.6 Å².